The minimum Gasteiger partial charge on any atom is -0.439 e. The number of alkyl halides is 3. The molecule has 1 aromatic heterocycles. The van der Waals surface area contributed by atoms with Crippen molar-refractivity contribution < 1.29 is 22.7 Å². The second kappa shape index (κ2) is 6.84. The zero-order valence-corrected chi connectivity index (χ0v) is 14.3. The molecule has 27 heavy (non-hydrogen) atoms. The van der Waals surface area contributed by atoms with Gasteiger partial charge in [-0.1, -0.05) is 0 Å². The lowest BCUT2D eigenvalue weighted by Gasteiger charge is -2.21. The van der Waals surface area contributed by atoms with Crippen molar-refractivity contribution in [3.63, 3.8) is 0 Å². The number of ether oxygens (including phenoxy) is 1. The summed E-state index contributed by atoms with van der Waals surface area (Å²) in [5.41, 5.74) is -0.331. The number of fused-ring (bicyclic) bond motifs is 2. The molecular formula is C19H18F3N3O2. The Morgan fingerprint density at radius 2 is 1.93 bits per heavy atom. The SMILES string of the molecule is O=C(N[C@@H]1C[C@H]2CC[C@@H]1N2)c1ccc(Oc2ccc(C(F)(F)F)cn2)cc1. The first-order chi connectivity index (χ1) is 12.9. The zero-order valence-electron chi connectivity index (χ0n) is 14.3. The molecular weight excluding hydrogens is 359 g/mol. The molecule has 4 rings (SSSR count). The topological polar surface area (TPSA) is 63.2 Å². The average molecular weight is 377 g/mol. The second-order valence-electron chi connectivity index (χ2n) is 6.87. The van der Waals surface area contributed by atoms with Crippen molar-refractivity contribution in [3.05, 3.63) is 53.7 Å². The van der Waals surface area contributed by atoms with E-state index in [0.29, 0.717) is 23.4 Å². The molecule has 2 aliphatic rings. The summed E-state index contributed by atoms with van der Waals surface area (Å²) in [5.74, 6) is 0.294. The Labute approximate surface area is 153 Å². The number of rotatable bonds is 4. The number of nitrogens with zero attached hydrogens (tertiary/aromatic N) is 1. The van der Waals surface area contributed by atoms with Crippen molar-refractivity contribution in [1.29, 1.82) is 0 Å². The number of nitrogens with one attached hydrogen (secondary N) is 2. The number of pyridine rings is 1. The van der Waals surface area contributed by atoms with Crippen molar-refractivity contribution in [2.24, 2.45) is 0 Å². The van der Waals surface area contributed by atoms with Gasteiger partial charge in [-0.25, -0.2) is 4.98 Å². The van der Waals surface area contributed by atoms with E-state index in [1.165, 1.54) is 6.42 Å². The van der Waals surface area contributed by atoms with E-state index in [4.69, 9.17) is 4.74 Å². The maximum atomic E-state index is 12.5. The number of hydrogen-bond donors (Lipinski definition) is 2. The van der Waals surface area contributed by atoms with Crippen LogP contribution >= 0.6 is 0 Å². The van der Waals surface area contributed by atoms with Gasteiger partial charge in [0.15, 0.2) is 0 Å². The molecule has 8 heteroatoms. The van der Waals surface area contributed by atoms with Gasteiger partial charge in [0, 0.05) is 36.0 Å². The Morgan fingerprint density at radius 3 is 2.48 bits per heavy atom. The lowest BCUT2D eigenvalue weighted by Crippen LogP contribution is -2.42. The first kappa shape index (κ1) is 17.8. The molecule has 1 aromatic carbocycles. The second-order valence-corrected chi connectivity index (χ2v) is 6.87. The summed E-state index contributed by atoms with van der Waals surface area (Å²) in [6.45, 7) is 0. The van der Waals surface area contributed by atoms with Crippen LogP contribution in [0.1, 0.15) is 35.2 Å². The first-order valence-electron chi connectivity index (χ1n) is 8.76. The summed E-state index contributed by atoms with van der Waals surface area (Å²) >= 11 is 0. The van der Waals surface area contributed by atoms with Gasteiger partial charge in [-0.15, -0.1) is 0 Å². The predicted molar refractivity (Wildman–Crippen MR) is 91.6 cm³/mol. The van der Waals surface area contributed by atoms with Crippen LogP contribution in [0, 0.1) is 0 Å². The Kier molecular flexibility index (Phi) is 4.51. The van der Waals surface area contributed by atoms with Gasteiger partial charge in [0.05, 0.1) is 5.56 Å². The molecule has 0 unspecified atom stereocenters. The van der Waals surface area contributed by atoms with Gasteiger partial charge < -0.3 is 15.4 Å². The van der Waals surface area contributed by atoms with E-state index in [1.807, 2.05) is 0 Å². The Balaban J connectivity index is 1.36. The zero-order chi connectivity index (χ0) is 19.0. The number of carbonyl (C=O) groups is 1. The Morgan fingerprint density at radius 1 is 1.15 bits per heavy atom. The summed E-state index contributed by atoms with van der Waals surface area (Å²) < 4.78 is 43.1. The van der Waals surface area contributed by atoms with Crippen LogP contribution in [0.4, 0.5) is 13.2 Å². The first-order valence-corrected chi connectivity index (χ1v) is 8.76. The fourth-order valence-electron chi connectivity index (χ4n) is 3.64. The van der Waals surface area contributed by atoms with Crippen molar-refractivity contribution in [3.8, 4) is 11.6 Å². The van der Waals surface area contributed by atoms with Crippen LogP contribution in [0.15, 0.2) is 42.6 Å². The molecule has 3 heterocycles. The van der Waals surface area contributed by atoms with Crippen molar-refractivity contribution in [2.75, 3.05) is 0 Å². The smallest absolute Gasteiger partial charge is 0.417 e. The minimum atomic E-state index is -4.44. The highest BCUT2D eigenvalue weighted by Gasteiger charge is 2.39. The third kappa shape index (κ3) is 3.90. The van der Waals surface area contributed by atoms with Crippen LogP contribution in [0.3, 0.4) is 0 Å². The molecule has 2 aromatic rings. The normalized spacial score (nSPS) is 24.0. The van der Waals surface area contributed by atoms with E-state index in [1.54, 1.807) is 24.3 Å². The van der Waals surface area contributed by atoms with E-state index in [9.17, 15) is 18.0 Å². The number of aromatic nitrogens is 1. The van der Waals surface area contributed by atoms with E-state index in [-0.39, 0.29) is 17.8 Å². The van der Waals surface area contributed by atoms with Crippen molar-refractivity contribution in [1.82, 2.24) is 15.6 Å². The maximum absolute atomic E-state index is 12.5. The Bertz CT molecular complexity index is 822. The van der Waals surface area contributed by atoms with E-state index < -0.39 is 11.7 Å². The van der Waals surface area contributed by atoms with Crippen LogP contribution in [-0.4, -0.2) is 29.0 Å². The van der Waals surface area contributed by atoms with Crippen molar-refractivity contribution in [2.45, 2.75) is 43.6 Å². The van der Waals surface area contributed by atoms with Crippen LogP contribution < -0.4 is 15.4 Å². The predicted octanol–water partition coefficient (Wildman–Crippen LogP) is 3.52. The highest BCUT2D eigenvalue weighted by molar-refractivity contribution is 5.94. The fourth-order valence-corrected chi connectivity index (χ4v) is 3.64. The lowest BCUT2D eigenvalue weighted by atomic mass is 9.95. The van der Waals surface area contributed by atoms with E-state index in [2.05, 4.69) is 15.6 Å². The molecule has 2 fully saturated rings. The molecule has 0 saturated carbocycles. The minimum absolute atomic E-state index is 0.0493. The summed E-state index contributed by atoms with van der Waals surface area (Å²) in [4.78, 5) is 16.0. The number of carbonyl (C=O) groups excluding carboxylic acids is 1. The number of halogens is 3. The Hall–Kier alpha value is -2.61. The van der Waals surface area contributed by atoms with Crippen LogP contribution in [0.2, 0.25) is 0 Å². The molecule has 5 nitrogen and oxygen atoms in total. The molecule has 0 radical (unpaired) electrons. The molecule has 142 valence electrons. The summed E-state index contributed by atoms with van der Waals surface area (Å²) in [7, 11) is 0. The van der Waals surface area contributed by atoms with Gasteiger partial charge in [0.2, 0.25) is 5.88 Å². The largest absolute Gasteiger partial charge is 0.439 e. The summed E-state index contributed by atoms with van der Waals surface area (Å²) in [5, 5.41) is 6.53. The van der Waals surface area contributed by atoms with Gasteiger partial charge in [0.25, 0.3) is 5.91 Å². The van der Waals surface area contributed by atoms with Gasteiger partial charge >= 0.3 is 6.18 Å². The highest BCUT2D eigenvalue weighted by atomic mass is 19.4. The van der Waals surface area contributed by atoms with Gasteiger partial charge in [-0.3, -0.25) is 4.79 Å². The molecule has 0 aliphatic carbocycles. The number of benzene rings is 1. The average Bonchev–Trinajstić information content (AvgIpc) is 3.25. The highest BCUT2D eigenvalue weighted by Crippen LogP contribution is 2.30. The molecule has 3 atom stereocenters. The van der Waals surface area contributed by atoms with Gasteiger partial charge in [-0.05, 0) is 49.6 Å². The molecule has 2 bridgehead atoms. The number of amides is 1. The number of hydrogen-bond acceptors (Lipinski definition) is 4. The molecule has 2 saturated heterocycles. The quantitative estimate of drug-likeness (QED) is 0.856. The van der Waals surface area contributed by atoms with Crippen LogP contribution in [-0.2, 0) is 6.18 Å². The third-order valence-corrected chi connectivity index (χ3v) is 5.02. The maximum Gasteiger partial charge on any atom is 0.417 e. The van der Waals surface area contributed by atoms with E-state index in [0.717, 1.165) is 31.2 Å². The molecule has 1 amide bonds. The van der Waals surface area contributed by atoms with E-state index >= 15 is 0 Å². The monoisotopic (exact) mass is 377 g/mol. The van der Waals surface area contributed by atoms with Gasteiger partial charge in [-0.2, -0.15) is 13.2 Å². The van der Waals surface area contributed by atoms with Crippen LogP contribution in [0.25, 0.3) is 0 Å². The summed E-state index contributed by atoms with van der Waals surface area (Å²) in [6, 6.07) is 9.51. The van der Waals surface area contributed by atoms with Crippen molar-refractivity contribution >= 4 is 5.91 Å². The molecule has 2 aliphatic heterocycles. The fraction of sp³-hybridized carbons (Fsp3) is 0.368. The summed E-state index contributed by atoms with van der Waals surface area (Å²) in [6.07, 6.45) is -0.504. The standard InChI is InChI=1S/C19H18F3N3O2/c20-19(21,22)12-3-8-17(23-10-12)27-14-5-1-11(2-6-14)18(26)25-16-9-13-4-7-15(16)24-13/h1-3,5-6,8,10,13,15-16,24H,4,7,9H2,(H,25,26)/t13-,15+,16-/m1/s1. The molecule has 0 spiro atoms. The molecule has 2 N–H and O–H groups in total. The lowest BCUT2D eigenvalue weighted by molar-refractivity contribution is -0.137. The van der Waals surface area contributed by atoms with Crippen LogP contribution in [0.5, 0.6) is 11.6 Å². The third-order valence-electron chi connectivity index (χ3n) is 5.02. The van der Waals surface area contributed by atoms with Gasteiger partial charge in [0.1, 0.15) is 5.75 Å².